The van der Waals surface area contributed by atoms with Crippen molar-refractivity contribution < 1.29 is 22.7 Å². The van der Waals surface area contributed by atoms with Gasteiger partial charge in [0.05, 0.1) is 16.5 Å². The largest absolute Gasteiger partial charge is 0.452 e. The van der Waals surface area contributed by atoms with Crippen molar-refractivity contribution in [2.24, 2.45) is 0 Å². The van der Waals surface area contributed by atoms with E-state index in [1.54, 1.807) is 25.1 Å². The first-order valence-electron chi connectivity index (χ1n) is 7.98. The van der Waals surface area contributed by atoms with Crippen LogP contribution < -0.4 is 10.0 Å². The molecule has 0 bridgehead atoms. The van der Waals surface area contributed by atoms with Crippen LogP contribution in [-0.4, -0.2) is 33.9 Å². The standard InChI is InChI=1S/C18H19ClN2O5S/c1-12(13-5-3-7-15(19)9-13)21-17(22)11-26-18(23)14-6-4-8-16(10-14)27(24,25)20-2/h3-10,12,20H,11H2,1-2H3,(H,21,22)/t12-/m1/s1. The van der Waals surface area contributed by atoms with Gasteiger partial charge in [-0.2, -0.15) is 0 Å². The molecular formula is C18H19ClN2O5S. The number of esters is 1. The number of hydrogen-bond acceptors (Lipinski definition) is 5. The highest BCUT2D eigenvalue weighted by molar-refractivity contribution is 7.89. The van der Waals surface area contributed by atoms with Gasteiger partial charge in [0.1, 0.15) is 0 Å². The van der Waals surface area contributed by atoms with Gasteiger partial charge in [-0.3, -0.25) is 4.79 Å². The fourth-order valence-corrected chi connectivity index (χ4v) is 3.24. The van der Waals surface area contributed by atoms with E-state index in [0.717, 1.165) is 5.56 Å². The minimum Gasteiger partial charge on any atom is -0.452 e. The van der Waals surface area contributed by atoms with Gasteiger partial charge in [0, 0.05) is 5.02 Å². The molecule has 1 atom stereocenters. The number of hydrogen-bond donors (Lipinski definition) is 2. The summed E-state index contributed by atoms with van der Waals surface area (Å²) in [4.78, 5) is 24.0. The highest BCUT2D eigenvalue weighted by atomic mass is 35.5. The Morgan fingerprint density at radius 2 is 1.85 bits per heavy atom. The fraction of sp³-hybridized carbons (Fsp3) is 0.222. The van der Waals surface area contributed by atoms with Gasteiger partial charge in [-0.25, -0.2) is 17.9 Å². The third-order valence-electron chi connectivity index (χ3n) is 3.71. The Hall–Kier alpha value is -2.42. The van der Waals surface area contributed by atoms with Crippen molar-refractivity contribution in [1.29, 1.82) is 0 Å². The molecule has 2 rings (SSSR count). The predicted octanol–water partition coefficient (Wildman–Crippen LogP) is 2.28. The molecule has 7 nitrogen and oxygen atoms in total. The van der Waals surface area contributed by atoms with Crippen LogP contribution in [0.1, 0.15) is 28.9 Å². The average Bonchev–Trinajstić information content (AvgIpc) is 2.66. The van der Waals surface area contributed by atoms with Crippen LogP contribution >= 0.6 is 11.6 Å². The van der Waals surface area contributed by atoms with Crippen LogP contribution in [0.25, 0.3) is 0 Å². The van der Waals surface area contributed by atoms with Crippen molar-refractivity contribution >= 4 is 33.5 Å². The Labute approximate surface area is 162 Å². The lowest BCUT2D eigenvalue weighted by Gasteiger charge is -2.14. The van der Waals surface area contributed by atoms with Gasteiger partial charge >= 0.3 is 5.97 Å². The molecule has 1 amide bonds. The minimum atomic E-state index is -3.68. The van der Waals surface area contributed by atoms with Crippen LogP contribution in [0.5, 0.6) is 0 Å². The molecule has 0 radical (unpaired) electrons. The molecule has 9 heteroatoms. The van der Waals surface area contributed by atoms with Crippen LogP contribution in [0.2, 0.25) is 5.02 Å². The molecule has 0 aliphatic carbocycles. The number of carbonyl (C=O) groups excluding carboxylic acids is 2. The van der Waals surface area contributed by atoms with Crippen molar-refractivity contribution in [3.05, 3.63) is 64.7 Å². The quantitative estimate of drug-likeness (QED) is 0.682. The number of ether oxygens (including phenoxy) is 1. The summed E-state index contributed by atoms with van der Waals surface area (Å²) < 4.78 is 30.7. The minimum absolute atomic E-state index is 0.0296. The highest BCUT2D eigenvalue weighted by Gasteiger charge is 2.17. The second-order valence-electron chi connectivity index (χ2n) is 5.66. The van der Waals surface area contributed by atoms with E-state index < -0.39 is 28.5 Å². The summed E-state index contributed by atoms with van der Waals surface area (Å²) in [5.41, 5.74) is 0.842. The maximum absolute atomic E-state index is 12.1. The van der Waals surface area contributed by atoms with Crippen LogP contribution in [0.4, 0.5) is 0 Å². The summed E-state index contributed by atoms with van der Waals surface area (Å²) >= 11 is 5.92. The summed E-state index contributed by atoms with van der Waals surface area (Å²) in [6.07, 6.45) is 0. The Morgan fingerprint density at radius 1 is 1.15 bits per heavy atom. The first-order valence-corrected chi connectivity index (χ1v) is 9.84. The smallest absolute Gasteiger partial charge is 0.338 e. The summed E-state index contributed by atoms with van der Waals surface area (Å²) in [6.45, 7) is 1.28. The van der Waals surface area contributed by atoms with Gasteiger partial charge in [-0.15, -0.1) is 0 Å². The molecule has 27 heavy (non-hydrogen) atoms. The van der Waals surface area contributed by atoms with Gasteiger partial charge in [-0.05, 0) is 49.9 Å². The van der Waals surface area contributed by atoms with Crippen LogP contribution in [0, 0.1) is 0 Å². The number of nitrogens with one attached hydrogen (secondary N) is 2. The van der Waals surface area contributed by atoms with Gasteiger partial charge < -0.3 is 10.1 Å². The molecule has 0 heterocycles. The zero-order valence-corrected chi connectivity index (χ0v) is 16.3. The second kappa shape index (κ2) is 8.98. The monoisotopic (exact) mass is 410 g/mol. The molecular weight excluding hydrogens is 392 g/mol. The average molecular weight is 411 g/mol. The van der Waals surface area contributed by atoms with Gasteiger partial charge in [0.15, 0.2) is 6.61 Å². The van der Waals surface area contributed by atoms with E-state index >= 15 is 0 Å². The molecule has 0 aliphatic rings. The van der Waals surface area contributed by atoms with Crippen molar-refractivity contribution in [3.8, 4) is 0 Å². The Morgan fingerprint density at radius 3 is 2.52 bits per heavy atom. The number of amides is 1. The SMILES string of the molecule is CNS(=O)(=O)c1cccc(C(=O)OCC(=O)N[C@H](C)c2cccc(Cl)c2)c1. The van der Waals surface area contributed by atoms with E-state index in [2.05, 4.69) is 10.0 Å². The summed E-state index contributed by atoms with van der Waals surface area (Å²) in [5, 5.41) is 3.25. The lowest BCUT2D eigenvalue weighted by molar-refractivity contribution is -0.124. The summed E-state index contributed by atoms with van der Waals surface area (Å²) in [6, 6.07) is 12.1. The fourth-order valence-electron chi connectivity index (χ4n) is 2.26. The third kappa shape index (κ3) is 5.78. The first-order chi connectivity index (χ1) is 12.7. The molecule has 0 aromatic heterocycles. The highest BCUT2D eigenvalue weighted by Crippen LogP contribution is 2.17. The lowest BCUT2D eigenvalue weighted by Crippen LogP contribution is -2.31. The molecule has 0 fully saturated rings. The van der Waals surface area contributed by atoms with E-state index in [9.17, 15) is 18.0 Å². The summed E-state index contributed by atoms with van der Waals surface area (Å²) in [7, 11) is -2.41. The van der Waals surface area contributed by atoms with E-state index in [1.165, 1.54) is 31.3 Å². The molecule has 0 aliphatic heterocycles. The Kier molecular flexibility index (Phi) is 6.95. The van der Waals surface area contributed by atoms with Gasteiger partial charge in [-0.1, -0.05) is 29.8 Å². The first kappa shape index (κ1) is 20.9. The zero-order chi connectivity index (χ0) is 20.0. The maximum Gasteiger partial charge on any atom is 0.338 e. The normalized spacial score (nSPS) is 12.3. The third-order valence-corrected chi connectivity index (χ3v) is 5.36. The van der Waals surface area contributed by atoms with Gasteiger partial charge in [0.2, 0.25) is 10.0 Å². The van der Waals surface area contributed by atoms with Crippen LogP contribution in [0.15, 0.2) is 53.4 Å². The van der Waals surface area contributed by atoms with E-state index in [4.69, 9.17) is 16.3 Å². The van der Waals surface area contributed by atoms with Crippen molar-refractivity contribution in [2.45, 2.75) is 17.9 Å². The number of sulfonamides is 1. The zero-order valence-electron chi connectivity index (χ0n) is 14.7. The van der Waals surface area contributed by atoms with Crippen LogP contribution in [-0.2, 0) is 19.6 Å². The number of carbonyl (C=O) groups is 2. The Balaban J connectivity index is 1.95. The molecule has 2 aromatic carbocycles. The molecule has 0 spiro atoms. The Bertz CT molecular complexity index is 946. The second-order valence-corrected chi connectivity index (χ2v) is 7.98. The predicted molar refractivity (Wildman–Crippen MR) is 101 cm³/mol. The topological polar surface area (TPSA) is 102 Å². The number of rotatable bonds is 7. The number of halogens is 1. The molecule has 0 saturated heterocycles. The van der Waals surface area contributed by atoms with E-state index in [0.29, 0.717) is 5.02 Å². The maximum atomic E-state index is 12.1. The van der Waals surface area contributed by atoms with Crippen molar-refractivity contribution in [3.63, 3.8) is 0 Å². The van der Waals surface area contributed by atoms with Crippen molar-refractivity contribution in [2.75, 3.05) is 13.7 Å². The molecule has 2 N–H and O–H groups in total. The molecule has 0 saturated carbocycles. The summed E-state index contributed by atoms with van der Waals surface area (Å²) in [5.74, 6) is -1.29. The number of benzene rings is 2. The van der Waals surface area contributed by atoms with Crippen molar-refractivity contribution in [1.82, 2.24) is 10.0 Å². The molecule has 144 valence electrons. The van der Waals surface area contributed by atoms with E-state index in [-0.39, 0.29) is 16.5 Å². The molecule has 2 aromatic rings. The van der Waals surface area contributed by atoms with Gasteiger partial charge in [0.25, 0.3) is 5.91 Å². The lowest BCUT2D eigenvalue weighted by atomic mass is 10.1. The van der Waals surface area contributed by atoms with Crippen LogP contribution in [0.3, 0.4) is 0 Å². The molecule has 0 unspecified atom stereocenters. The van der Waals surface area contributed by atoms with E-state index in [1.807, 2.05) is 6.07 Å².